The zero-order chi connectivity index (χ0) is 30.0. The number of hydrogen-bond donors (Lipinski definition) is 3. The van der Waals surface area contributed by atoms with Crippen LogP contribution >= 0.6 is 23.2 Å². The Morgan fingerprint density at radius 1 is 1.00 bits per heavy atom. The molecule has 1 fully saturated rings. The van der Waals surface area contributed by atoms with Crippen LogP contribution in [0.25, 0.3) is 23.1 Å². The maximum Gasteiger partial charge on any atom is 0.273 e. The number of fused-ring (bicyclic) bond motifs is 1. The van der Waals surface area contributed by atoms with Crippen LogP contribution in [0.3, 0.4) is 0 Å². The summed E-state index contributed by atoms with van der Waals surface area (Å²) in [5, 5.41) is 38.3. The number of benzene rings is 1. The summed E-state index contributed by atoms with van der Waals surface area (Å²) < 4.78 is 11.4. The van der Waals surface area contributed by atoms with E-state index in [1.165, 1.54) is 23.4 Å². The Morgan fingerprint density at radius 3 is 2.32 bits per heavy atom. The second kappa shape index (κ2) is 15.2. The molecule has 1 saturated heterocycles. The van der Waals surface area contributed by atoms with Crippen molar-refractivity contribution in [2.24, 2.45) is 0 Å². The van der Waals surface area contributed by atoms with Gasteiger partial charge in [0.15, 0.2) is 0 Å². The first-order chi connectivity index (χ1) is 19.8. The Morgan fingerprint density at radius 2 is 1.68 bits per heavy atom. The summed E-state index contributed by atoms with van der Waals surface area (Å²) in [6, 6.07) is 8.78. The van der Waals surface area contributed by atoms with Crippen LogP contribution in [0, 0.1) is 0 Å². The van der Waals surface area contributed by atoms with E-state index in [2.05, 4.69) is 25.4 Å². The van der Waals surface area contributed by atoms with E-state index < -0.39 is 12.0 Å². The minimum absolute atomic E-state index is 0.0436. The van der Waals surface area contributed by atoms with Crippen LogP contribution in [0.5, 0.6) is 5.75 Å². The number of ether oxygens (including phenoxy) is 2. The first-order valence-electron chi connectivity index (χ1n) is 13.6. The Bertz CT molecular complexity index is 1400. The van der Waals surface area contributed by atoms with Crippen LogP contribution in [0.4, 0.5) is 0 Å². The van der Waals surface area contributed by atoms with Gasteiger partial charge in [0.25, 0.3) is 5.91 Å². The molecule has 1 aromatic carbocycles. The van der Waals surface area contributed by atoms with Crippen LogP contribution < -0.4 is 4.74 Å². The lowest BCUT2D eigenvalue weighted by atomic mass is 10.1. The summed E-state index contributed by atoms with van der Waals surface area (Å²) in [5.41, 5.74) is 2.74. The molecule has 1 unspecified atom stereocenters. The van der Waals surface area contributed by atoms with Crippen molar-refractivity contribution in [2.75, 3.05) is 26.3 Å². The summed E-state index contributed by atoms with van der Waals surface area (Å²) in [6.45, 7) is 11.5. The molecule has 3 N–H and O–H groups in total. The summed E-state index contributed by atoms with van der Waals surface area (Å²) in [7, 11) is 0. The highest BCUT2D eigenvalue weighted by molar-refractivity contribution is 6.35. The first-order valence-corrected chi connectivity index (χ1v) is 14.3. The van der Waals surface area contributed by atoms with Crippen LogP contribution in [-0.2, 0) is 10.6 Å². The van der Waals surface area contributed by atoms with E-state index in [0.717, 1.165) is 10.9 Å². The van der Waals surface area contributed by atoms with Gasteiger partial charge in [-0.2, -0.15) is 10.2 Å². The molecule has 5 rings (SSSR count). The fourth-order valence-electron chi connectivity index (χ4n) is 4.10. The third-order valence-electron chi connectivity index (χ3n) is 6.07. The van der Waals surface area contributed by atoms with Crippen molar-refractivity contribution in [1.82, 2.24) is 30.3 Å². The Kier molecular flexibility index (Phi) is 12.0. The predicted molar refractivity (Wildman–Crippen MR) is 162 cm³/mol. The second-order valence-corrected chi connectivity index (χ2v) is 9.32. The lowest BCUT2D eigenvalue weighted by molar-refractivity contribution is -0.289. The number of H-pyrrole nitrogens is 1. The molecule has 4 heterocycles. The van der Waals surface area contributed by atoms with E-state index in [-0.39, 0.29) is 5.69 Å². The highest BCUT2D eigenvalue weighted by Crippen LogP contribution is 2.33. The quantitative estimate of drug-likeness (QED) is 0.223. The number of aromatic nitrogens is 5. The normalized spacial score (nSPS) is 14.7. The van der Waals surface area contributed by atoms with Crippen molar-refractivity contribution in [3.8, 4) is 5.75 Å². The molecule has 0 amide bonds. The molecule has 4 aromatic rings. The predicted octanol–water partition coefficient (Wildman–Crippen LogP) is 5.84. The van der Waals surface area contributed by atoms with Gasteiger partial charge in [-0.1, -0.05) is 50.9 Å². The molecule has 0 saturated carbocycles. The van der Waals surface area contributed by atoms with E-state index in [9.17, 15) is 10.2 Å². The van der Waals surface area contributed by atoms with Gasteiger partial charge in [0.1, 0.15) is 17.5 Å². The molecule has 220 valence electrons. The van der Waals surface area contributed by atoms with Crippen LogP contribution in [0.2, 0.25) is 10.0 Å². The molecule has 0 radical (unpaired) electrons. The minimum atomic E-state index is -2.21. The molecule has 0 spiro atoms. The van der Waals surface area contributed by atoms with Crippen molar-refractivity contribution in [3.05, 3.63) is 75.4 Å². The maximum absolute atomic E-state index is 10.6. The lowest BCUT2D eigenvalue weighted by Crippen LogP contribution is -2.51. The molecular formula is C29H36Cl2N6O4. The van der Waals surface area contributed by atoms with E-state index in [1.54, 1.807) is 18.2 Å². The zero-order valence-corrected chi connectivity index (χ0v) is 25.3. The number of rotatable bonds is 7. The SMILES string of the molecule is CC.CC.CC(Oc1ccc2[nH]nc(/C=C/c3ccc(C(O)(O)N4CCOCC4)nn3)c2c1)c1c(Cl)cncc1Cl. The van der Waals surface area contributed by atoms with Crippen molar-refractivity contribution >= 4 is 46.3 Å². The van der Waals surface area contributed by atoms with Gasteiger partial charge in [0.05, 0.1) is 40.2 Å². The van der Waals surface area contributed by atoms with Gasteiger partial charge in [0.2, 0.25) is 0 Å². The first kappa shape index (κ1) is 32.4. The molecular weight excluding hydrogens is 567 g/mol. The standard InChI is InChI=1S/C25H24Cl2N6O4.2C2H6/c1-15(24-19(26)13-28-14-20(24)27)37-17-4-6-22-18(12-17)21(30-31-22)5-2-16-3-7-23(32-29-16)25(34,35)33-8-10-36-11-9-33;2*1-2/h2-7,12-15,34-35H,8-11H2,1H3,(H,30,31);2*1-2H3/b5-2+;;. The molecule has 0 bridgehead atoms. The number of hydrogen-bond acceptors (Lipinski definition) is 9. The number of morpholine rings is 1. The van der Waals surface area contributed by atoms with Gasteiger partial charge in [-0.25, -0.2) is 4.90 Å². The van der Waals surface area contributed by atoms with Gasteiger partial charge >= 0.3 is 0 Å². The van der Waals surface area contributed by atoms with Crippen molar-refractivity contribution in [3.63, 3.8) is 0 Å². The molecule has 1 aliphatic heterocycles. The number of pyridine rings is 1. The maximum atomic E-state index is 10.6. The topological polar surface area (TPSA) is 130 Å². The van der Waals surface area contributed by atoms with E-state index in [0.29, 0.717) is 59.0 Å². The average molecular weight is 604 g/mol. The number of aromatic amines is 1. The number of nitrogens with one attached hydrogen (secondary N) is 1. The van der Waals surface area contributed by atoms with Crippen LogP contribution in [0.15, 0.2) is 42.7 Å². The monoisotopic (exact) mass is 602 g/mol. The summed E-state index contributed by atoms with van der Waals surface area (Å²) in [5.74, 6) is -1.59. The fraction of sp³-hybridized carbons (Fsp3) is 0.379. The zero-order valence-electron chi connectivity index (χ0n) is 23.8. The van der Waals surface area contributed by atoms with Crippen molar-refractivity contribution in [1.29, 1.82) is 0 Å². The smallest absolute Gasteiger partial charge is 0.273 e. The average Bonchev–Trinajstić information content (AvgIpc) is 3.41. The third-order valence-corrected chi connectivity index (χ3v) is 6.67. The summed E-state index contributed by atoms with van der Waals surface area (Å²) in [6.07, 6.45) is 6.19. The molecule has 1 aliphatic rings. The van der Waals surface area contributed by atoms with Gasteiger partial charge < -0.3 is 19.7 Å². The second-order valence-electron chi connectivity index (χ2n) is 8.50. The Balaban J connectivity index is 0.00000111. The Hall–Kier alpha value is -3.12. The molecule has 3 aromatic heterocycles. The molecule has 12 heteroatoms. The molecule has 10 nitrogen and oxygen atoms in total. The number of halogens is 2. The molecule has 1 atom stereocenters. The molecule has 0 aliphatic carbocycles. The van der Waals surface area contributed by atoms with Gasteiger partial charge in [0, 0.05) is 36.4 Å². The highest BCUT2D eigenvalue weighted by atomic mass is 35.5. The number of nitrogens with zero attached hydrogens (tertiary/aromatic N) is 5. The van der Waals surface area contributed by atoms with Gasteiger partial charge in [-0.15, -0.1) is 5.10 Å². The molecule has 41 heavy (non-hydrogen) atoms. The fourth-order valence-corrected chi connectivity index (χ4v) is 4.77. The third kappa shape index (κ3) is 7.79. The van der Waals surface area contributed by atoms with Crippen molar-refractivity contribution in [2.45, 2.75) is 46.6 Å². The van der Waals surface area contributed by atoms with E-state index >= 15 is 0 Å². The van der Waals surface area contributed by atoms with Crippen LogP contribution in [0.1, 0.15) is 63.4 Å². The highest BCUT2D eigenvalue weighted by Gasteiger charge is 2.37. The van der Waals surface area contributed by atoms with Crippen molar-refractivity contribution < 1.29 is 19.7 Å². The van der Waals surface area contributed by atoms with Crippen LogP contribution in [-0.4, -0.2) is 66.8 Å². The van der Waals surface area contributed by atoms with Gasteiger partial charge in [-0.05, 0) is 49.4 Å². The largest absolute Gasteiger partial charge is 0.486 e. The lowest BCUT2D eigenvalue weighted by Gasteiger charge is -2.36. The van der Waals surface area contributed by atoms with Gasteiger partial charge in [-0.3, -0.25) is 10.1 Å². The number of aliphatic hydroxyl groups is 2. The van der Waals surface area contributed by atoms with E-state index in [4.69, 9.17) is 32.7 Å². The summed E-state index contributed by atoms with van der Waals surface area (Å²) in [4.78, 5) is 5.47. The Labute approximate surface area is 249 Å². The summed E-state index contributed by atoms with van der Waals surface area (Å²) >= 11 is 12.5. The minimum Gasteiger partial charge on any atom is -0.486 e. The van der Waals surface area contributed by atoms with E-state index in [1.807, 2.05) is 52.8 Å².